The third-order valence-corrected chi connectivity index (χ3v) is 6.80. The van der Waals surface area contributed by atoms with E-state index in [9.17, 15) is 4.79 Å². The molecule has 0 saturated carbocycles. The summed E-state index contributed by atoms with van der Waals surface area (Å²) < 4.78 is 0. The highest BCUT2D eigenvalue weighted by atomic mass is 35.5. The van der Waals surface area contributed by atoms with Crippen molar-refractivity contribution in [2.45, 2.75) is 44.3 Å². The minimum Gasteiger partial charge on any atom is -0.376 e. The number of anilines is 2. The molecule has 2 N–H and O–H groups in total. The Morgan fingerprint density at radius 3 is 2.84 bits per heavy atom. The van der Waals surface area contributed by atoms with Gasteiger partial charge in [0.15, 0.2) is 0 Å². The van der Waals surface area contributed by atoms with Crippen LogP contribution in [-0.2, 0) is 4.79 Å². The van der Waals surface area contributed by atoms with E-state index >= 15 is 0 Å². The van der Waals surface area contributed by atoms with Crippen LogP contribution >= 0.6 is 23.2 Å². The van der Waals surface area contributed by atoms with Crippen molar-refractivity contribution in [2.24, 2.45) is 0 Å². The number of likely N-dealkylation sites (tertiary alicyclic amines) is 1. The van der Waals surface area contributed by atoms with Gasteiger partial charge in [-0.15, -0.1) is 0 Å². The molecule has 3 aromatic rings. The molecule has 2 aliphatic rings. The van der Waals surface area contributed by atoms with Crippen molar-refractivity contribution < 1.29 is 4.79 Å². The van der Waals surface area contributed by atoms with E-state index in [-0.39, 0.29) is 30.6 Å². The van der Waals surface area contributed by atoms with E-state index in [1.54, 1.807) is 24.5 Å². The minimum absolute atomic E-state index is 0.0920. The highest BCUT2D eigenvalue weighted by Crippen LogP contribution is 2.39. The summed E-state index contributed by atoms with van der Waals surface area (Å²) in [5.74, 6) is 1.04. The van der Waals surface area contributed by atoms with E-state index in [1.807, 2.05) is 17.2 Å². The minimum atomic E-state index is 0.0920. The van der Waals surface area contributed by atoms with Gasteiger partial charge in [-0.25, -0.2) is 9.97 Å². The SMILES string of the molecule is CC1CC2C(CCCN2C(=O)CNc2cc(Cl)cc(Cl)c2)N1c1ncnc2[nH]ccc12. The number of rotatable bonds is 4. The third-order valence-electron chi connectivity index (χ3n) is 6.36. The zero-order valence-electron chi connectivity index (χ0n) is 17.2. The van der Waals surface area contributed by atoms with Crippen LogP contribution in [-0.4, -0.2) is 57.0 Å². The zero-order valence-corrected chi connectivity index (χ0v) is 18.7. The maximum absolute atomic E-state index is 13.2. The van der Waals surface area contributed by atoms with Crippen molar-refractivity contribution in [3.05, 3.63) is 46.8 Å². The maximum atomic E-state index is 13.2. The van der Waals surface area contributed by atoms with Crippen molar-refractivity contribution in [1.82, 2.24) is 19.9 Å². The number of hydrogen-bond donors (Lipinski definition) is 2. The predicted molar refractivity (Wildman–Crippen MR) is 124 cm³/mol. The number of benzene rings is 1. The first-order chi connectivity index (χ1) is 15.0. The Morgan fingerprint density at radius 1 is 1.23 bits per heavy atom. The molecule has 0 aliphatic carbocycles. The highest BCUT2D eigenvalue weighted by molar-refractivity contribution is 6.35. The van der Waals surface area contributed by atoms with Gasteiger partial charge in [-0.1, -0.05) is 23.2 Å². The fourth-order valence-electron chi connectivity index (χ4n) is 5.11. The number of H-pyrrole nitrogens is 1. The molecule has 3 unspecified atom stereocenters. The first-order valence-corrected chi connectivity index (χ1v) is 11.3. The Kier molecular flexibility index (Phi) is 5.40. The Bertz CT molecular complexity index is 1100. The monoisotopic (exact) mass is 458 g/mol. The molecule has 31 heavy (non-hydrogen) atoms. The molecular formula is C22H24Cl2N6O. The van der Waals surface area contributed by atoms with Crippen LogP contribution < -0.4 is 10.2 Å². The molecule has 2 aliphatic heterocycles. The van der Waals surface area contributed by atoms with Crippen LogP contribution in [0.3, 0.4) is 0 Å². The Hall–Kier alpha value is -2.51. The first kappa shape index (κ1) is 20.4. The van der Waals surface area contributed by atoms with Crippen molar-refractivity contribution in [3.8, 4) is 0 Å². The van der Waals surface area contributed by atoms with E-state index in [0.29, 0.717) is 10.0 Å². The Morgan fingerprint density at radius 2 is 2.03 bits per heavy atom. The van der Waals surface area contributed by atoms with Crippen LogP contribution in [0.5, 0.6) is 0 Å². The molecule has 2 aromatic heterocycles. The molecule has 1 aromatic carbocycles. The van der Waals surface area contributed by atoms with Gasteiger partial charge in [-0.3, -0.25) is 4.79 Å². The van der Waals surface area contributed by atoms with Gasteiger partial charge in [0.25, 0.3) is 0 Å². The van der Waals surface area contributed by atoms with Crippen molar-refractivity contribution in [1.29, 1.82) is 0 Å². The molecule has 7 nitrogen and oxygen atoms in total. The van der Waals surface area contributed by atoms with E-state index in [2.05, 4.69) is 32.1 Å². The highest BCUT2D eigenvalue weighted by Gasteiger charge is 2.46. The van der Waals surface area contributed by atoms with Gasteiger partial charge in [0.05, 0.1) is 24.0 Å². The van der Waals surface area contributed by atoms with Crippen LogP contribution in [0.2, 0.25) is 10.0 Å². The van der Waals surface area contributed by atoms with Crippen LogP contribution in [0.15, 0.2) is 36.8 Å². The second-order valence-electron chi connectivity index (χ2n) is 8.30. The summed E-state index contributed by atoms with van der Waals surface area (Å²) in [4.78, 5) is 29.7. The molecular weight excluding hydrogens is 435 g/mol. The van der Waals surface area contributed by atoms with Crippen LogP contribution in [0.1, 0.15) is 26.2 Å². The van der Waals surface area contributed by atoms with Crippen molar-refractivity contribution >= 4 is 51.6 Å². The summed E-state index contributed by atoms with van der Waals surface area (Å²) in [7, 11) is 0. The summed E-state index contributed by atoms with van der Waals surface area (Å²) in [6, 6.07) is 7.96. The van der Waals surface area contributed by atoms with Crippen molar-refractivity contribution in [2.75, 3.05) is 23.3 Å². The van der Waals surface area contributed by atoms with E-state index in [1.165, 1.54) is 0 Å². The largest absolute Gasteiger partial charge is 0.376 e. The molecule has 0 bridgehead atoms. The molecule has 5 rings (SSSR count). The number of nitrogens with zero attached hydrogens (tertiary/aromatic N) is 4. The van der Waals surface area contributed by atoms with Gasteiger partial charge >= 0.3 is 0 Å². The smallest absolute Gasteiger partial charge is 0.242 e. The third kappa shape index (κ3) is 3.81. The van der Waals surface area contributed by atoms with Crippen LogP contribution in [0.4, 0.5) is 11.5 Å². The topological polar surface area (TPSA) is 77.2 Å². The second-order valence-corrected chi connectivity index (χ2v) is 9.18. The number of carbonyl (C=O) groups is 1. The summed E-state index contributed by atoms with van der Waals surface area (Å²) in [5.41, 5.74) is 1.59. The lowest BCUT2D eigenvalue weighted by Gasteiger charge is -2.40. The number of amides is 1. The number of carbonyl (C=O) groups excluding carboxylic acids is 1. The Labute approximate surface area is 190 Å². The molecule has 9 heteroatoms. The quantitative estimate of drug-likeness (QED) is 0.607. The molecule has 2 saturated heterocycles. The van der Waals surface area contributed by atoms with Gasteiger partial charge in [0.1, 0.15) is 17.8 Å². The van der Waals surface area contributed by atoms with Gasteiger partial charge in [0.2, 0.25) is 5.91 Å². The lowest BCUT2D eigenvalue weighted by molar-refractivity contribution is -0.132. The molecule has 0 spiro atoms. The van der Waals surface area contributed by atoms with E-state index in [4.69, 9.17) is 23.2 Å². The number of hydrogen-bond acceptors (Lipinski definition) is 5. The lowest BCUT2D eigenvalue weighted by atomic mass is 9.96. The van der Waals surface area contributed by atoms with Crippen molar-refractivity contribution in [3.63, 3.8) is 0 Å². The summed E-state index contributed by atoms with van der Waals surface area (Å²) >= 11 is 12.1. The lowest BCUT2D eigenvalue weighted by Crippen LogP contribution is -2.53. The summed E-state index contributed by atoms with van der Waals surface area (Å²) in [6.45, 7) is 3.21. The molecule has 1 amide bonds. The molecule has 0 radical (unpaired) electrons. The number of piperidine rings is 1. The molecule has 3 atom stereocenters. The number of aromatic amines is 1. The van der Waals surface area contributed by atoms with Crippen LogP contribution in [0, 0.1) is 0 Å². The zero-order chi connectivity index (χ0) is 21.5. The fraction of sp³-hybridized carbons (Fsp3) is 0.409. The van der Waals surface area contributed by atoms with Gasteiger partial charge in [-0.2, -0.15) is 0 Å². The molecule has 162 valence electrons. The summed E-state index contributed by atoms with van der Waals surface area (Å²) in [6.07, 6.45) is 6.45. The normalized spacial score (nSPS) is 23.3. The van der Waals surface area contributed by atoms with Gasteiger partial charge in [0, 0.05) is 34.5 Å². The van der Waals surface area contributed by atoms with Crippen LogP contribution in [0.25, 0.3) is 11.0 Å². The van der Waals surface area contributed by atoms with E-state index in [0.717, 1.165) is 48.3 Å². The molecule has 2 fully saturated rings. The maximum Gasteiger partial charge on any atom is 0.242 e. The predicted octanol–water partition coefficient (Wildman–Crippen LogP) is 4.34. The Balaban J connectivity index is 1.34. The van der Waals surface area contributed by atoms with Gasteiger partial charge < -0.3 is 20.1 Å². The number of aromatic nitrogens is 3. The average Bonchev–Trinajstić information content (AvgIpc) is 3.34. The number of fused-ring (bicyclic) bond motifs is 2. The molecule has 4 heterocycles. The van der Waals surface area contributed by atoms with Gasteiger partial charge in [-0.05, 0) is 50.5 Å². The standard InChI is InChI=1S/C22H24Cl2N6O/c1-13-7-19-18(30(13)22-17-4-5-25-21(17)27-12-28-22)3-2-6-29(19)20(31)11-26-16-9-14(23)8-15(24)10-16/h4-5,8-10,12-13,18-19,26H,2-3,6-7,11H2,1H3,(H,25,27,28). The average molecular weight is 459 g/mol. The van der Waals surface area contributed by atoms with E-state index < -0.39 is 0 Å². The second kappa shape index (κ2) is 8.20. The number of halogens is 2. The fourth-order valence-corrected chi connectivity index (χ4v) is 5.64. The first-order valence-electron chi connectivity index (χ1n) is 10.6. The number of nitrogens with one attached hydrogen (secondary N) is 2. The summed E-state index contributed by atoms with van der Waals surface area (Å²) in [5, 5.41) is 5.29.